The number of nitrogens with zero attached hydrogens (tertiary/aromatic N) is 1. The van der Waals surface area contributed by atoms with Crippen LogP contribution in [0, 0.1) is 76.8 Å². The Bertz CT molecular complexity index is 1150. The van der Waals surface area contributed by atoms with Crippen molar-refractivity contribution in [2.24, 2.45) is 11.3 Å². The van der Waals surface area contributed by atoms with E-state index in [1.54, 1.807) is 26.0 Å². The molecule has 11 heteroatoms. The zero-order valence-corrected chi connectivity index (χ0v) is 22.4. The molecule has 1 aliphatic heterocycles. The Balaban J connectivity index is 0.00000507. The van der Waals surface area contributed by atoms with Gasteiger partial charge in [0.2, 0.25) is 5.91 Å². The van der Waals surface area contributed by atoms with Crippen molar-refractivity contribution in [2.45, 2.75) is 44.8 Å². The van der Waals surface area contributed by atoms with Gasteiger partial charge in [0, 0.05) is 13.1 Å². The first kappa shape index (κ1) is 32.4. The standard InChI is InChI=1S/C27H27F5N2O3.Yb/c1-16(2)23(33-24(36)21-14-19(27(30,31)32)6-9-22(21)29)25(37)34-12-10-26(15-35,11-13-34)17(3)18-4-7-20(28)8-5-18;/h4-9,14,16-17,23H,3,10-13H2,1-2H3,(H,33,36);/q-2;+2/t17?,23-;/m1./s1. The molecule has 1 saturated heterocycles. The maximum Gasteiger partial charge on any atom is 2.00 e. The molecule has 2 aromatic carbocycles. The van der Waals surface area contributed by atoms with Gasteiger partial charge in [0.25, 0.3) is 5.91 Å². The number of nitrogens with one attached hydrogen (secondary N) is 1. The molecule has 1 heterocycles. The second kappa shape index (κ2) is 13.0. The third-order valence-electron chi connectivity index (χ3n) is 6.87. The van der Waals surface area contributed by atoms with Crippen LogP contribution in [0.1, 0.15) is 54.1 Å². The van der Waals surface area contributed by atoms with Gasteiger partial charge in [-0.05, 0) is 36.2 Å². The van der Waals surface area contributed by atoms with E-state index in [1.807, 2.05) is 0 Å². The van der Waals surface area contributed by atoms with Gasteiger partial charge in [0.05, 0.1) is 11.1 Å². The summed E-state index contributed by atoms with van der Waals surface area (Å²) in [6, 6.07) is 5.99. The first-order valence-corrected chi connectivity index (χ1v) is 11.7. The number of amides is 2. The van der Waals surface area contributed by atoms with Crippen LogP contribution in [0.4, 0.5) is 22.0 Å². The number of halogens is 5. The molecule has 0 spiro atoms. The average Bonchev–Trinajstić information content (AvgIpc) is 2.86. The van der Waals surface area contributed by atoms with Gasteiger partial charge in [-0.25, -0.2) is 8.78 Å². The van der Waals surface area contributed by atoms with E-state index in [4.69, 9.17) is 0 Å². The molecule has 0 aromatic heterocycles. The fourth-order valence-electron chi connectivity index (χ4n) is 4.47. The van der Waals surface area contributed by atoms with E-state index in [9.17, 15) is 36.3 Å². The molecule has 212 valence electrons. The predicted molar refractivity (Wildman–Crippen MR) is 126 cm³/mol. The third kappa shape index (κ3) is 7.24. The van der Waals surface area contributed by atoms with E-state index in [1.165, 1.54) is 17.0 Å². The van der Waals surface area contributed by atoms with Crippen LogP contribution in [0.2, 0.25) is 0 Å². The summed E-state index contributed by atoms with van der Waals surface area (Å²) in [5.41, 5.74) is -2.36. The molecule has 0 saturated carbocycles. The van der Waals surface area contributed by atoms with Crippen molar-refractivity contribution in [1.82, 2.24) is 10.2 Å². The SMILES string of the molecule is [CH2-]C(c1ccc(F)cc1)C1([C-]=O)CCN(C(=O)[C@H](NC(=O)c2cc(C(F)(F)F)ccc2F)C(C)C)CC1.[Yb+2]. The number of rotatable bonds is 7. The van der Waals surface area contributed by atoms with Crippen molar-refractivity contribution >= 4 is 18.1 Å². The Hall–Kier alpha value is -1.78. The summed E-state index contributed by atoms with van der Waals surface area (Å²) in [6.45, 7) is 7.63. The Morgan fingerprint density at radius 3 is 2.13 bits per heavy atom. The van der Waals surface area contributed by atoms with Crippen LogP contribution >= 0.6 is 0 Å². The Labute approximate surface area is 256 Å². The molecule has 5 nitrogen and oxygen atoms in total. The monoisotopic (exact) mass is 696 g/mol. The van der Waals surface area contributed by atoms with Gasteiger partial charge >= 0.3 is 53.1 Å². The van der Waals surface area contributed by atoms with Crippen molar-refractivity contribution in [1.29, 1.82) is 0 Å². The van der Waals surface area contributed by atoms with Gasteiger partial charge in [-0.1, -0.05) is 44.4 Å². The fourth-order valence-corrected chi connectivity index (χ4v) is 4.47. The summed E-state index contributed by atoms with van der Waals surface area (Å²) in [7, 11) is 0. The molecule has 0 radical (unpaired) electrons. The normalized spacial score (nSPS) is 16.8. The summed E-state index contributed by atoms with van der Waals surface area (Å²) in [6.07, 6.45) is -2.27. The number of piperidine rings is 1. The van der Waals surface area contributed by atoms with E-state index < -0.39 is 64.0 Å². The van der Waals surface area contributed by atoms with Crippen LogP contribution in [-0.2, 0) is 15.8 Å². The van der Waals surface area contributed by atoms with Crippen molar-refractivity contribution in [3.05, 3.63) is 77.7 Å². The van der Waals surface area contributed by atoms with Gasteiger partial charge in [-0.2, -0.15) is 19.1 Å². The maximum atomic E-state index is 14.2. The van der Waals surface area contributed by atoms with Crippen LogP contribution in [0.15, 0.2) is 42.5 Å². The van der Waals surface area contributed by atoms with Crippen LogP contribution in [0.3, 0.4) is 0 Å². The number of alkyl halides is 3. The Morgan fingerprint density at radius 1 is 1.05 bits per heavy atom. The minimum Gasteiger partial charge on any atom is -0.541 e. The molecule has 0 aliphatic carbocycles. The number of benzene rings is 2. The third-order valence-corrected chi connectivity index (χ3v) is 6.87. The molecule has 2 amide bonds. The topological polar surface area (TPSA) is 66.5 Å². The second-order valence-corrected chi connectivity index (χ2v) is 9.58. The molecule has 1 unspecified atom stereocenters. The molecule has 2 aromatic rings. The molecule has 1 fully saturated rings. The number of likely N-dealkylation sites (tertiary alicyclic amines) is 1. The van der Waals surface area contributed by atoms with Crippen molar-refractivity contribution in [3.63, 3.8) is 0 Å². The summed E-state index contributed by atoms with van der Waals surface area (Å²) >= 11 is 0. The Morgan fingerprint density at radius 2 is 1.63 bits per heavy atom. The van der Waals surface area contributed by atoms with E-state index >= 15 is 0 Å². The van der Waals surface area contributed by atoms with Crippen LogP contribution in [0.25, 0.3) is 0 Å². The van der Waals surface area contributed by atoms with E-state index in [-0.39, 0.29) is 72.9 Å². The van der Waals surface area contributed by atoms with Gasteiger partial charge in [0.15, 0.2) is 0 Å². The summed E-state index contributed by atoms with van der Waals surface area (Å²) in [5.74, 6) is -4.21. The quantitative estimate of drug-likeness (QED) is 0.325. The number of hydrogen-bond acceptors (Lipinski definition) is 3. The number of carbonyl (C=O) groups is 2. The number of hydrogen-bond donors (Lipinski definition) is 1. The smallest absolute Gasteiger partial charge is 0.541 e. The first-order chi connectivity index (χ1) is 17.3. The zero-order chi connectivity index (χ0) is 27.5. The molecule has 0 bridgehead atoms. The van der Waals surface area contributed by atoms with E-state index in [0.717, 1.165) is 0 Å². The minimum atomic E-state index is -4.77. The van der Waals surface area contributed by atoms with Crippen molar-refractivity contribution in [2.75, 3.05) is 13.1 Å². The summed E-state index contributed by atoms with van der Waals surface area (Å²) in [5, 5.41) is 2.38. The fraction of sp³-hybridized carbons (Fsp3) is 0.407. The van der Waals surface area contributed by atoms with Crippen LogP contribution in [0.5, 0.6) is 0 Å². The second-order valence-electron chi connectivity index (χ2n) is 9.58. The number of carbonyl (C=O) groups excluding carboxylic acids is 3. The van der Waals surface area contributed by atoms with E-state index in [0.29, 0.717) is 23.8 Å². The van der Waals surface area contributed by atoms with Gasteiger partial charge < -0.3 is 21.9 Å². The molecular formula is C27H27F5N2O3Yb. The van der Waals surface area contributed by atoms with Crippen molar-refractivity contribution in [3.8, 4) is 0 Å². The molecule has 38 heavy (non-hydrogen) atoms. The first-order valence-electron chi connectivity index (χ1n) is 11.7. The van der Waals surface area contributed by atoms with Gasteiger partial charge in [-0.15, -0.1) is 5.41 Å². The molecular weight excluding hydrogens is 668 g/mol. The van der Waals surface area contributed by atoms with Gasteiger partial charge in [-0.3, -0.25) is 15.9 Å². The predicted octanol–water partition coefficient (Wildman–Crippen LogP) is 5.07. The minimum absolute atomic E-state index is 0. The molecule has 1 N–H and O–H groups in total. The molecule has 2 atom stereocenters. The molecule has 1 aliphatic rings. The Kier molecular flexibility index (Phi) is 11.1. The largest absolute Gasteiger partial charge is 2.00 e. The van der Waals surface area contributed by atoms with Crippen LogP contribution < -0.4 is 5.32 Å². The maximum absolute atomic E-state index is 14.2. The van der Waals surface area contributed by atoms with Crippen molar-refractivity contribution < 1.29 is 83.3 Å². The van der Waals surface area contributed by atoms with Crippen LogP contribution in [-0.4, -0.2) is 42.1 Å². The van der Waals surface area contributed by atoms with E-state index in [2.05, 4.69) is 18.5 Å². The zero-order valence-electron chi connectivity index (χ0n) is 20.6. The summed E-state index contributed by atoms with van der Waals surface area (Å²) in [4.78, 5) is 39.4. The average molecular weight is 696 g/mol. The van der Waals surface area contributed by atoms with Gasteiger partial charge in [0.1, 0.15) is 17.7 Å². The molecule has 3 rings (SSSR count). The summed E-state index contributed by atoms with van der Waals surface area (Å²) < 4.78 is 66.6.